The van der Waals surface area contributed by atoms with Gasteiger partial charge in [0.15, 0.2) is 0 Å². The highest BCUT2D eigenvalue weighted by Gasteiger charge is 2.26. The average Bonchev–Trinajstić information content (AvgIpc) is 2.76. The van der Waals surface area contributed by atoms with E-state index in [1.165, 1.54) is 7.76 Å². The lowest BCUT2D eigenvalue weighted by Gasteiger charge is -2.13. The van der Waals surface area contributed by atoms with Gasteiger partial charge in [0.1, 0.15) is 0 Å². The van der Waals surface area contributed by atoms with E-state index in [-0.39, 0.29) is 11.8 Å². The molecule has 1 aliphatic rings. The third-order valence-electron chi connectivity index (χ3n) is 2.68. The molecule has 2 rings (SSSR count). The van der Waals surface area contributed by atoms with E-state index in [0.29, 0.717) is 0 Å². The van der Waals surface area contributed by atoms with Crippen molar-refractivity contribution >= 4 is 39.8 Å². The minimum absolute atomic E-state index is 0.0593. The molecule has 1 aliphatic heterocycles. The molecule has 0 aliphatic carbocycles. The van der Waals surface area contributed by atoms with E-state index in [1.54, 1.807) is 0 Å². The fraction of sp³-hybridized carbons (Fsp3) is 0.500. The second kappa shape index (κ2) is 4.80. The summed E-state index contributed by atoms with van der Waals surface area (Å²) >= 11 is 4.14. The number of hydrogen-bond donors (Lipinski definition) is 1. The topological polar surface area (TPSA) is 46.3 Å². The highest BCUT2D eigenvalue weighted by atomic mass is 127. The van der Waals surface area contributed by atoms with E-state index < -0.39 is 0 Å². The van der Waals surface area contributed by atoms with Crippen LogP contribution < -0.4 is 5.73 Å². The molecule has 0 spiro atoms. The Hall–Kier alpha value is -0.140. The van der Waals surface area contributed by atoms with Crippen LogP contribution in [0.2, 0.25) is 0 Å². The van der Waals surface area contributed by atoms with Crippen LogP contribution in [-0.2, 0) is 11.3 Å². The van der Waals surface area contributed by atoms with Crippen LogP contribution in [0.15, 0.2) is 12.1 Å². The van der Waals surface area contributed by atoms with Crippen molar-refractivity contribution in [3.05, 3.63) is 19.9 Å². The Labute approximate surface area is 107 Å². The molecule has 2 heterocycles. The molecule has 1 unspecified atom stereocenters. The van der Waals surface area contributed by atoms with Crippen molar-refractivity contribution in [2.45, 2.75) is 13.0 Å². The van der Waals surface area contributed by atoms with E-state index in [0.717, 1.165) is 26.1 Å². The summed E-state index contributed by atoms with van der Waals surface area (Å²) in [6.07, 6.45) is 0.914. The number of carbonyl (C=O) groups is 1. The maximum atomic E-state index is 11.0. The van der Waals surface area contributed by atoms with E-state index in [4.69, 9.17) is 5.73 Å². The predicted molar refractivity (Wildman–Crippen MR) is 69.6 cm³/mol. The monoisotopic (exact) mass is 336 g/mol. The number of amides is 1. The molecular formula is C10H13IN2OS. The van der Waals surface area contributed by atoms with Gasteiger partial charge in [-0.05, 0) is 47.7 Å². The normalized spacial score (nSPS) is 22.1. The second-order valence-corrected chi connectivity index (χ2v) is 6.89. The number of likely N-dealkylation sites (tertiary alicyclic amines) is 1. The smallest absolute Gasteiger partial charge is 0.221 e. The van der Waals surface area contributed by atoms with Crippen molar-refractivity contribution in [1.82, 2.24) is 4.90 Å². The summed E-state index contributed by atoms with van der Waals surface area (Å²) in [5.41, 5.74) is 5.29. The quantitative estimate of drug-likeness (QED) is 0.854. The average molecular weight is 336 g/mol. The van der Waals surface area contributed by atoms with Crippen LogP contribution in [0, 0.1) is 8.80 Å². The van der Waals surface area contributed by atoms with Crippen LogP contribution in [0.3, 0.4) is 0 Å². The Morgan fingerprint density at radius 3 is 3.00 bits per heavy atom. The molecule has 1 saturated heterocycles. The van der Waals surface area contributed by atoms with Crippen molar-refractivity contribution in [1.29, 1.82) is 0 Å². The number of halogens is 1. The van der Waals surface area contributed by atoms with Crippen molar-refractivity contribution in [2.24, 2.45) is 11.7 Å². The molecular weight excluding hydrogens is 323 g/mol. The Morgan fingerprint density at radius 2 is 2.47 bits per heavy atom. The number of nitrogens with two attached hydrogens (primary N) is 1. The number of hydrogen-bond acceptors (Lipinski definition) is 3. The zero-order chi connectivity index (χ0) is 10.8. The molecule has 1 atom stereocenters. The minimum atomic E-state index is -0.154. The zero-order valence-electron chi connectivity index (χ0n) is 8.28. The Morgan fingerprint density at radius 1 is 1.67 bits per heavy atom. The first-order chi connectivity index (χ1) is 7.15. The van der Waals surface area contributed by atoms with Gasteiger partial charge in [0.2, 0.25) is 5.91 Å². The summed E-state index contributed by atoms with van der Waals surface area (Å²) in [6, 6.07) is 4.28. The van der Waals surface area contributed by atoms with Crippen molar-refractivity contribution in [2.75, 3.05) is 13.1 Å². The van der Waals surface area contributed by atoms with Crippen LogP contribution in [0.25, 0.3) is 0 Å². The maximum absolute atomic E-state index is 11.0. The zero-order valence-corrected chi connectivity index (χ0v) is 11.3. The SMILES string of the molecule is NC(=O)C1CCN(Cc2ccc(I)s2)C1. The molecule has 0 radical (unpaired) electrons. The maximum Gasteiger partial charge on any atom is 0.221 e. The molecule has 3 nitrogen and oxygen atoms in total. The summed E-state index contributed by atoms with van der Waals surface area (Å²) < 4.78 is 1.31. The molecule has 2 N–H and O–H groups in total. The van der Waals surface area contributed by atoms with E-state index in [2.05, 4.69) is 39.6 Å². The first-order valence-corrected chi connectivity index (χ1v) is 6.80. The van der Waals surface area contributed by atoms with Crippen molar-refractivity contribution in [3.63, 3.8) is 0 Å². The van der Waals surface area contributed by atoms with Crippen LogP contribution >= 0.6 is 33.9 Å². The molecule has 0 aromatic carbocycles. The third-order valence-corrected chi connectivity index (χ3v) is 4.56. The molecule has 82 valence electrons. The van der Waals surface area contributed by atoms with E-state index in [1.807, 2.05) is 11.3 Å². The van der Waals surface area contributed by atoms with Crippen molar-refractivity contribution in [3.8, 4) is 0 Å². The molecule has 15 heavy (non-hydrogen) atoms. The highest BCUT2D eigenvalue weighted by molar-refractivity contribution is 14.1. The van der Waals surface area contributed by atoms with Crippen LogP contribution in [0.5, 0.6) is 0 Å². The second-order valence-electron chi connectivity index (χ2n) is 3.83. The first-order valence-electron chi connectivity index (χ1n) is 4.91. The fourth-order valence-corrected chi connectivity index (χ4v) is 3.66. The molecule has 5 heteroatoms. The summed E-state index contributed by atoms with van der Waals surface area (Å²) in [4.78, 5) is 14.7. The lowest BCUT2D eigenvalue weighted by Crippen LogP contribution is -2.27. The standard InChI is InChI=1S/C10H13IN2OS/c11-9-2-1-8(15-9)6-13-4-3-7(5-13)10(12)14/h1-2,7H,3-6H2,(H2,12,14). The predicted octanol–water partition coefficient (Wildman–Crippen LogP) is 1.66. The number of carbonyl (C=O) groups excluding carboxylic acids is 1. The van der Waals surface area contributed by atoms with Gasteiger partial charge in [-0.25, -0.2) is 0 Å². The van der Waals surface area contributed by atoms with Gasteiger partial charge < -0.3 is 5.73 Å². The van der Waals surface area contributed by atoms with Gasteiger partial charge in [0.25, 0.3) is 0 Å². The highest BCUT2D eigenvalue weighted by Crippen LogP contribution is 2.23. The summed E-state index contributed by atoms with van der Waals surface area (Å²) in [5.74, 6) is -0.0951. The van der Waals surface area contributed by atoms with Gasteiger partial charge in [-0.1, -0.05) is 0 Å². The van der Waals surface area contributed by atoms with Gasteiger partial charge >= 0.3 is 0 Å². The Bertz CT molecular complexity index is 366. The van der Waals surface area contributed by atoms with Gasteiger partial charge in [0, 0.05) is 18.0 Å². The molecule has 1 aromatic heterocycles. The van der Waals surface area contributed by atoms with Gasteiger partial charge in [0.05, 0.1) is 8.80 Å². The molecule has 1 amide bonds. The van der Waals surface area contributed by atoms with Gasteiger partial charge in [-0.15, -0.1) is 11.3 Å². The lowest BCUT2D eigenvalue weighted by molar-refractivity contribution is -0.121. The summed E-state index contributed by atoms with van der Waals surface area (Å²) in [5, 5.41) is 0. The Kier molecular flexibility index (Phi) is 3.63. The number of nitrogens with zero attached hydrogens (tertiary/aromatic N) is 1. The Balaban J connectivity index is 1.90. The van der Waals surface area contributed by atoms with Crippen molar-refractivity contribution < 1.29 is 4.79 Å². The van der Waals surface area contributed by atoms with Crippen LogP contribution in [-0.4, -0.2) is 23.9 Å². The van der Waals surface area contributed by atoms with Crippen LogP contribution in [0.4, 0.5) is 0 Å². The molecule has 0 saturated carbocycles. The van der Waals surface area contributed by atoms with Gasteiger partial charge in [-0.2, -0.15) is 0 Å². The minimum Gasteiger partial charge on any atom is -0.369 e. The van der Waals surface area contributed by atoms with Gasteiger partial charge in [-0.3, -0.25) is 9.69 Å². The number of rotatable bonds is 3. The fourth-order valence-electron chi connectivity index (χ4n) is 1.87. The van der Waals surface area contributed by atoms with E-state index in [9.17, 15) is 4.79 Å². The largest absolute Gasteiger partial charge is 0.369 e. The number of primary amides is 1. The third kappa shape index (κ3) is 2.92. The van der Waals surface area contributed by atoms with Crippen LogP contribution in [0.1, 0.15) is 11.3 Å². The van der Waals surface area contributed by atoms with E-state index >= 15 is 0 Å². The molecule has 0 bridgehead atoms. The summed E-state index contributed by atoms with van der Waals surface area (Å²) in [7, 11) is 0. The number of thiophene rings is 1. The first kappa shape index (κ1) is 11.3. The molecule has 1 fully saturated rings. The lowest BCUT2D eigenvalue weighted by atomic mass is 10.1. The summed E-state index contributed by atoms with van der Waals surface area (Å²) in [6.45, 7) is 2.77. The molecule has 1 aromatic rings.